The highest BCUT2D eigenvalue weighted by molar-refractivity contribution is 7.16. The minimum Gasteiger partial charge on any atom is -0.444 e. The summed E-state index contributed by atoms with van der Waals surface area (Å²) in [6, 6.07) is 3.59. The van der Waals surface area contributed by atoms with E-state index < -0.39 is 11.9 Å². The number of hydrogen-bond acceptors (Lipinski definition) is 6. The van der Waals surface area contributed by atoms with E-state index in [0.717, 1.165) is 5.00 Å². The van der Waals surface area contributed by atoms with Gasteiger partial charge in [-0.05, 0) is 32.9 Å². The molecule has 7 heteroatoms. The summed E-state index contributed by atoms with van der Waals surface area (Å²) >= 11 is 1.36. The zero-order valence-corrected chi connectivity index (χ0v) is 13.4. The van der Waals surface area contributed by atoms with E-state index in [2.05, 4.69) is 4.90 Å². The molecule has 0 saturated carbocycles. The first kappa shape index (κ1) is 16.1. The molecule has 1 aromatic heterocycles. The topological polar surface area (TPSA) is 73.2 Å². The molecule has 2 heterocycles. The number of aliphatic hydroxyl groups excluding tert-OH is 1. The maximum absolute atomic E-state index is 12.0. The second-order valence-corrected chi connectivity index (χ2v) is 7.10. The molecule has 2 rings (SSSR count). The zero-order chi connectivity index (χ0) is 15.6. The first-order valence-electron chi connectivity index (χ1n) is 6.95. The SMILES string of the molecule is CC(C)(C)OC(=O)N1CCN(c2ccc(C(O)O)s2)CC1. The average molecular weight is 314 g/mol. The Labute approximate surface area is 128 Å². The van der Waals surface area contributed by atoms with Crippen molar-refractivity contribution in [3.63, 3.8) is 0 Å². The van der Waals surface area contributed by atoms with Crippen LogP contribution in [0.1, 0.15) is 31.9 Å². The summed E-state index contributed by atoms with van der Waals surface area (Å²) in [4.78, 5) is 16.3. The molecule has 0 atom stereocenters. The van der Waals surface area contributed by atoms with Crippen molar-refractivity contribution < 1.29 is 19.7 Å². The normalized spacial score (nSPS) is 16.5. The molecule has 1 saturated heterocycles. The highest BCUT2D eigenvalue weighted by atomic mass is 32.1. The molecular weight excluding hydrogens is 292 g/mol. The van der Waals surface area contributed by atoms with E-state index in [1.165, 1.54) is 11.3 Å². The fourth-order valence-corrected chi connectivity index (χ4v) is 3.02. The van der Waals surface area contributed by atoms with E-state index in [1.807, 2.05) is 26.8 Å². The molecule has 1 amide bonds. The minimum atomic E-state index is -1.42. The Morgan fingerprint density at radius 1 is 1.24 bits per heavy atom. The fourth-order valence-electron chi connectivity index (χ4n) is 2.09. The third-order valence-electron chi connectivity index (χ3n) is 3.11. The van der Waals surface area contributed by atoms with Crippen molar-refractivity contribution in [3.05, 3.63) is 17.0 Å². The highest BCUT2D eigenvalue weighted by Crippen LogP contribution is 2.30. The predicted molar refractivity (Wildman–Crippen MR) is 81.5 cm³/mol. The van der Waals surface area contributed by atoms with Crippen molar-refractivity contribution in [2.75, 3.05) is 31.1 Å². The number of thiophene rings is 1. The van der Waals surface area contributed by atoms with E-state index >= 15 is 0 Å². The summed E-state index contributed by atoms with van der Waals surface area (Å²) < 4.78 is 5.36. The van der Waals surface area contributed by atoms with Crippen molar-refractivity contribution in [3.8, 4) is 0 Å². The lowest BCUT2D eigenvalue weighted by atomic mass is 10.2. The third-order valence-corrected chi connectivity index (χ3v) is 4.30. The molecule has 0 unspecified atom stereocenters. The lowest BCUT2D eigenvalue weighted by molar-refractivity contribution is -0.0395. The summed E-state index contributed by atoms with van der Waals surface area (Å²) in [5.74, 6) is 0. The van der Waals surface area contributed by atoms with Crippen LogP contribution in [0.25, 0.3) is 0 Å². The molecule has 0 aliphatic carbocycles. The molecule has 6 nitrogen and oxygen atoms in total. The van der Waals surface area contributed by atoms with E-state index in [-0.39, 0.29) is 6.09 Å². The Morgan fingerprint density at radius 2 is 1.86 bits per heavy atom. The van der Waals surface area contributed by atoms with Crippen LogP contribution in [0.2, 0.25) is 0 Å². The summed E-state index contributed by atoms with van der Waals surface area (Å²) in [6.45, 7) is 8.19. The highest BCUT2D eigenvalue weighted by Gasteiger charge is 2.26. The lowest BCUT2D eigenvalue weighted by Crippen LogP contribution is -2.49. The fraction of sp³-hybridized carbons (Fsp3) is 0.643. The van der Waals surface area contributed by atoms with Crippen LogP contribution < -0.4 is 4.90 Å². The Bertz CT molecular complexity index is 487. The molecule has 0 spiro atoms. The number of anilines is 1. The monoisotopic (exact) mass is 314 g/mol. The Morgan fingerprint density at radius 3 is 2.33 bits per heavy atom. The summed E-state index contributed by atoms with van der Waals surface area (Å²) in [5.41, 5.74) is -0.478. The van der Waals surface area contributed by atoms with Gasteiger partial charge >= 0.3 is 6.09 Å². The van der Waals surface area contributed by atoms with Gasteiger partial charge in [0.2, 0.25) is 0 Å². The van der Waals surface area contributed by atoms with Gasteiger partial charge in [-0.25, -0.2) is 4.79 Å². The van der Waals surface area contributed by atoms with Gasteiger partial charge in [-0.3, -0.25) is 0 Å². The van der Waals surface area contributed by atoms with Crippen LogP contribution in [0.3, 0.4) is 0 Å². The standard InChI is InChI=1S/C14H22N2O4S/c1-14(2,3)20-13(19)16-8-6-15(7-9-16)11-5-4-10(21-11)12(17)18/h4-5,12,17-18H,6-9H2,1-3H3. The van der Waals surface area contributed by atoms with Crippen molar-refractivity contribution in [2.45, 2.75) is 32.7 Å². The molecule has 0 bridgehead atoms. The second kappa shape index (κ2) is 6.21. The van der Waals surface area contributed by atoms with Gasteiger partial charge in [0.15, 0.2) is 6.29 Å². The smallest absolute Gasteiger partial charge is 0.410 e. The Hall–Kier alpha value is -1.31. The molecule has 1 fully saturated rings. The van der Waals surface area contributed by atoms with Crippen LogP contribution in [0, 0.1) is 0 Å². The van der Waals surface area contributed by atoms with Gasteiger partial charge in [-0.1, -0.05) is 0 Å². The number of nitrogens with zero attached hydrogens (tertiary/aromatic N) is 2. The maximum atomic E-state index is 12.0. The molecule has 118 valence electrons. The zero-order valence-electron chi connectivity index (χ0n) is 12.6. The second-order valence-electron chi connectivity index (χ2n) is 6.00. The average Bonchev–Trinajstić information content (AvgIpc) is 2.86. The number of aliphatic hydroxyl groups is 2. The molecular formula is C14H22N2O4S. The van der Waals surface area contributed by atoms with Gasteiger partial charge in [-0.2, -0.15) is 0 Å². The number of amides is 1. The van der Waals surface area contributed by atoms with Crippen molar-refractivity contribution in [2.24, 2.45) is 0 Å². The molecule has 1 aromatic rings. The van der Waals surface area contributed by atoms with E-state index in [0.29, 0.717) is 31.1 Å². The molecule has 1 aliphatic heterocycles. The molecule has 1 aliphatic rings. The van der Waals surface area contributed by atoms with E-state index in [1.54, 1.807) is 11.0 Å². The summed E-state index contributed by atoms with van der Waals surface area (Å²) in [7, 11) is 0. The lowest BCUT2D eigenvalue weighted by Gasteiger charge is -2.36. The van der Waals surface area contributed by atoms with Crippen molar-refractivity contribution >= 4 is 22.4 Å². The first-order valence-corrected chi connectivity index (χ1v) is 7.76. The van der Waals surface area contributed by atoms with Crippen LogP contribution >= 0.6 is 11.3 Å². The first-order chi connectivity index (χ1) is 9.76. The van der Waals surface area contributed by atoms with Gasteiger partial charge in [0.25, 0.3) is 0 Å². The van der Waals surface area contributed by atoms with Crippen molar-refractivity contribution in [1.82, 2.24) is 4.90 Å². The van der Waals surface area contributed by atoms with Crippen LogP contribution in [-0.2, 0) is 4.74 Å². The number of carbonyl (C=O) groups excluding carboxylic acids is 1. The predicted octanol–water partition coefficient (Wildman–Crippen LogP) is 1.79. The number of piperazine rings is 1. The van der Waals surface area contributed by atoms with Gasteiger partial charge in [-0.15, -0.1) is 11.3 Å². The Balaban J connectivity index is 1.89. The van der Waals surface area contributed by atoms with Gasteiger partial charge in [0.05, 0.1) is 9.88 Å². The Kier molecular flexibility index (Phi) is 4.75. The maximum Gasteiger partial charge on any atom is 0.410 e. The van der Waals surface area contributed by atoms with Crippen LogP contribution in [-0.4, -0.2) is 53.0 Å². The van der Waals surface area contributed by atoms with Gasteiger partial charge in [0, 0.05) is 26.2 Å². The number of hydrogen-bond donors (Lipinski definition) is 2. The molecule has 21 heavy (non-hydrogen) atoms. The van der Waals surface area contributed by atoms with Crippen molar-refractivity contribution in [1.29, 1.82) is 0 Å². The van der Waals surface area contributed by atoms with E-state index in [4.69, 9.17) is 14.9 Å². The summed E-state index contributed by atoms with van der Waals surface area (Å²) in [5, 5.41) is 19.3. The van der Waals surface area contributed by atoms with Gasteiger partial charge < -0.3 is 24.7 Å². The molecule has 0 aromatic carbocycles. The number of carbonyl (C=O) groups is 1. The summed E-state index contributed by atoms with van der Waals surface area (Å²) in [6.07, 6.45) is -1.70. The van der Waals surface area contributed by atoms with Gasteiger partial charge in [0.1, 0.15) is 5.60 Å². The van der Waals surface area contributed by atoms with Crippen LogP contribution in [0.15, 0.2) is 12.1 Å². The van der Waals surface area contributed by atoms with E-state index in [9.17, 15) is 4.79 Å². The number of ether oxygens (including phenoxy) is 1. The molecule has 0 radical (unpaired) electrons. The number of rotatable bonds is 2. The molecule has 2 N–H and O–H groups in total. The van der Waals surface area contributed by atoms with Crippen LogP contribution in [0.5, 0.6) is 0 Å². The van der Waals surface area contributed by atoms with Crippen LogP contribution in [0.4, 0.5) is 9.80 Å². The quantitative estimate of drug-likeness (QED) is 0.814. The minimum absolute atomic E-state index is 0.278. The largest absolute Gasteiger partial charge is 0.444 e. The third kappa shape index (κ3) is 4.33.